The normalized spacial score (nSPS) is 14.3. The Bertz CT molecular complexity index is 541. The molecule has 0 bridgehead atoms. The van der Waals surface area contributed by atoms with Crippen molar-refractivity contribution in [1.29, 1.82) is 0 Å². The van der Waals surface area contributed by atoms with Crippen molar-refractivity contribution in [2.24, 2.45) is 5.73 Å². The van der Waals surface area contributed by atoms with E-state index < -0.39 is 37.5 Å². The first-order valence-electron chi connectivity index (χ1n) is 6.26. The van der Waals surface area contributed by atoms with E-state index in [1.807, 2.05) is 6.07 Å². The Hall–Kier alpha value is -1.53. The number of hydrogen-bond acceptors (Lipinski definition) is 5. The molecule has 1 rings (SSSR count). The molecule has 0 aliphatic rings. The van der Waals surface area contributed by atoms with Crippen LogP contribution in [0.4, 0.5) is 0 Å². The molecule has 1 aromatic rings. The van der Waals surface area contributed by atoms with Crippen molar-refractivity contribution in [3.05, 3.63) is 35.9 Å². The third-order valence-corrected chi connectivity index (χ3v) is 4.22. The Balaban J connectivity index is 2.48. The molecule has 0 amide bonds. The minimum atomic E-state index is -4.52. The molecule has 0 aliphatic heterocycles. The Morgan fingerprint density at radius 3 is 2.38 bits per heavy atom. The van der Waals surface area contributed by atoms with Crippen LogP contribution in [0.5, 0.6) is 0 Å². The van der Waals surface area contributed by atoms with Gasteiger partial charge < -0.3 is 20.3 Å². The molecule has 0 unspecified atom stereocenters. The average Bonchev–Trinajstić information content (AvgIpc) is 2.43. The molecule has 0 radical (unpaired) electrons. The summed E-state index contributed by atoms with van der Waals surface area (Å²) < 4.78 is 15.9. The number of esters is 1. The molecule has 0 fully saturated rings. The molecule has 0 aromatic heterocycles. The lowest BCUT2D eigenvalue weighted by Gasteiger charge is -2.15. The zero-order chi connectivity index (χ0) is 16.0. The van der Waals surface area contributed by atoms with Crippen LogP contribution in [0.2, 0.25) is 0 Å². The highest BCUT2D eigenvalue weighted by atomic mass is 31.2. The van der Waals surface area contributed by atoms with Crippen LogP contribution >= 0.6 is 7.60 Å². The smallest absolute Gasteiger partial charge is 0.335 e. The van der Waals surface area contributed by atoms with Crippen LogP contribution < -0.4 is 5.73 Å². The summed E-state index contributed by atoms with van der Waals surface area (Å²) in [5, 5.41) is 0. The second-order valence-corrected chi connectivity index (χ2v) is 6.59. The van der Waals surface area contributed by atoms with E-state index in [1.54, 1.807) is 24.3 Å². The molecule has 0 heterocycles. The van der Waals surface area contributed by atoms with E-state index >= 15 is 0 Å². The standard InChI is InChI=1S/C13H18NO6P/c1-9(21(17,18)19)12(15)7-11(14)13(16)20-8-10-5-3-2-4-6-10/h2-6,9,11H,7-8,14H2,1H3,(H2,17,18,19)/t9-,11+/m1/s1. The SMILES string of the molecule is C[C@H](C(=O)C[C@H](N)C(=O)OCc1ccccc1)P(=O)(O)O. The number of nitrogens with two attached hydrogens (primary N) is 1. The molecule has 21 heavy (non-hydrogen) atoms. The predicted molar refractivity (Wildman–Crippen MR) is 75.3 cm³/mol. The van der Waals surface area contributed by atoms with Gasteiger partial charge in [0.1, 0.15) is 24.1 Å². The van der Waals surface area contributed by atoms with Gasteiger partial charge in [0, 0.05) is 6.42 Å². The largest absolute Gasteiger partial charge is 0.460 e. The molecular weight excluding hydrogens is 297 g/mol. The zero-order valence-electron chi connectivity index (χ0n) is 11.5. The maximum Gasteiger partial charge on any atom is 0.335 e. The van der Waals surface area contributed by atoms with Crippen molar-refractivity contribution in [2.45, 2.75) is 31.7 Å². The van der Waals surface area contributed by atoms with Crippen molar-refractivity contribution in [3.63, 3.8) is 0 Å². The average molecular weight is 315 g/mol. The zero-order valence-corrected chi connectivity index (χ0v) is 12.4. The number of carbonyl (C=O) groups excluding carboxylic acids is 2. The van der Waals surface area contributed by atoms with Crippen molar-refractivity contribution < 1.29 is 28.7 Å². The summed E-state index contributed by atoms with van der Waals surface area (Å²) in [6.07, 6.45) is -0.472. The third kappa shape index (κ3) is 5.77. The van der Waals surface area contributed by atoms with Gasteiger partial charge in [-0.15, -0.1) is 0 Å². The molecule has 1 aromatic carbocycles. The first-order chi connectivity index (χ1) is 9.71. The lowest BCUT2D eigenvalue weighted by Crippen LogP contribution is -2.36. The molecule has 0 aliphatic carbocycles. The summed E-state index contributed by atoms with van der Waals surface area (Å²) in [5.74, 6) is -1.56. The third-order valence-electron chi connectivity index (χ3n) is 2.92. The van der Waals surface area contributed by atoms with Crippen LogP contribution in [0.25, 0.3) is 0 Å². The van der Waals surface area contributed by atoms with E-state index in [0.29, 0.717) is 0 Å². The van der Waals surface area contributed by atoms with Gasteiger partial charge in [0.25, 0.3) is 0 Å². The first kappa shape index (κ1) is 17.5. The molecule has 0 saturated carbocycles. The molecule has 0 saturated heterocycles. The van der Waals surface area contributed by atoms with Crippen molar-refractivity contribution in [2.75, 3.05) is 0 Å². The number of benzene rings is 1. The fourth-order valence-electron chi connectivity index (χ4n) is 1.49. The van der Waals surface area contributed by atoms with Gasteiger partial charge in [0.2, 0.25) is 0 Å². The summed E-state index contributed by atoms with van der Waals surface area (Å²) >= 11 is 0. The van der Waals surface area contributed by atoms with Crippen LogP contribution in [-0.4, -0.2) is 33.2 Å². The quantitative estimate of drug-likeness (QED) is 0.496. The van der Waals surface area contributed by atoms with Crippen LogP contribution in [0.3, 0.4) is 0 Å². The van der Waals surface area contributed by atoms with Crippen LogP contribution in [0, 0.1) is 0 Å². The van der Waals surface area contributed by atoms with Crippen molar-refractivity contribution >= 4 is 19.3 Å². The maximum atomic E-state index is 11.6. The minimum absolute atomic E-state index is 0.0234. The lowest BCUT2D eigenvalue weighted by molar-refractivity contribution is -0.147. The summed E-state index contributed by atoms with van der Waals surface area (Å²) in [6.45, 7) is 1.13. The fourth-order valence-corrected chi connectivity index (χ4v) is 1.97. The highest BCUT2D eigenvalue weighted by Gasteiger charge is 2.33. The number of Topliss-reactive ketones (excluding diaryl/α,β-unsaturated/α-hetero) is 1. The minimum Gasteiger partial charge on any atom is -0.460 e. The summed E-state index contributed by atoms with van der Waals surface area (Å²) in [7, 11) is -4.52. The lowest BCUT2D eigenvalue weighted by atomic mass is 10.1. The van der Waals surface area contributed by atoms with Crippen LogP contribution in [-0.2, 0) is 25.5 Å². The van der Waals surface area contributed by atoms with E-state index in [0.717, 1.165) is 12.5 Å². The molecular formula is C13H18NO6P. The first-order valence-corrected chi connectivity index (χ1v) is 7.94. The topological polar surface area (TPSA) is 127 Å². The van der Waals surface area contributed by atoms with Gasteiger partial charge in [-0.05, 0) is 12.5 Å². The Morgan fingerprint density at radius 2 is 1.86 bits per heavy atom. The van der Waals surface area contributed by atoms with Crippen LogP contribution in [0.15, 0.2) is 30.3 Å². The number of ketones is 1. The Morgan fingerprint density at radius 1 is 1.29 bits per heavy atom. The Labute approximate surface area is 122 Å². The summed E-state index contributed by atoms with van der Waals surface area (Å²) in [6, 6.07) is 7.68. The summed E-state index contributed by atoms with van der Waals surface area (Å²) in [5.41, 5.74) is 4.81. The highest BCUT2D eigenvalue weighted by molar-refractivity contribution is 7.53. The molecule has 2 atom stereocenters. The van der Waals surface area contributed by atoms with Gasteiger partial charge in [-0.25, -0.2) is 0 Å². The van der Waals surface area contributed by atoms with Gasteiger partial charge >= 0.3 is 13.6 Å². The summed E-state index contributed by atoms with van der Waals surface area (Å²) in [4.78, 5) is 41.0. The number of hydrogen-bond donors (Lipinski definition) is 3. The van der Waals surface area contributed by atoms with E-state index in [-0.39, 0.29) is 6.61 Å². The number of ether oxygens (including phenoxy) is 1. The van der Waals surface area contributed by atoms with Gasteiger partial charge in [-0.1, -0.05) is 30.3 Å². The van der Waals surface area contributed by atoms with Gasteiger partial charge in [0.15, 0.2) is 0 Å². The van der Waals surface area contributed by atoms with Crippen molar-refractivity contribution in [1.82, 2.24) is 0 Å². The van der Waals surface area contributed by atoms with E-state index in [4.69, 9.17) is 20.3 Å². The monoisotopic (exact) mass is 315 g/mol. The second kappa shape index (κ2) is 7.47. The Kier molecular flexibility index (Phi) is 6.23. The molecule has 4 N–H and O–H groups in total. The predicted octanol–water partition coefficient (Wildman–Crippen LogP) is 0.582. The maximum absolute atomic E-state index is 11.6. The number of carbonyl (C=O) groups is 2. The molecule has 8 heteroatoms. The van der Waals surface area contributed by atoms with Gasteiger partial charge in [0.05, 0.1) is 0 Å². The van der Waals surface area contributed by atoms with Crippen LogP contribution in [0.1, 0.15) is 18.9 Å². The number of rotatable bonds is 7. The molecule has 7 nitrogen and oxygen atoms in total. The van der Waals surface area contributed by atoms with E-state index in [9.17, 15) is 14.2 Å². The van der Waals surface area contributed by atoms with E-state index in [1.165, 1.54) is 0 Å². The van der Waals surface area contributed by atoms with Gasteiger partial charge in [-0.3, -0.25) is 14.2 Å². The molecule has 116 valence electrons. The van der Waals surface area contributed by atoms with Crippen molar-refractivity contribution in [3.8, 4) is 0 Å². The van der Waals surface area contributed by atoms with E-state index in [2.05, 4.69) is 0 Å². The molecule has 0 spiro atoms. The highest BCUT2D eigenvalue weighted by Crippen LogP contribution is 2.41. The van der Waals surface area contributed by atoms with Gasteiger partial charge in [-0.2, -0.15) is 0 Å². The fraction of sp³-hybridized carbons (Fsp3) is 0.385. The second-order valence-electron chi connectivity index (χ2n) is 4.64.